The van der Waals surface area contributed by atoms with Gasteiger partial charge in [0, 0.05) is 51.3 Å². The van der Waals surface area contributed by atoms with E-state index < -0.39 is 18.2 Å². The molecule has 3 aliphatic heterocycles. The maximum absolute atomic E-state index is 13.4. The largest absolute Gasteiger partial charge is 0.340 e. The van der Waals surface area contributed by atoms with Crippen LogP contribution in [0.4, 0.5) is 9.18 Å². The summed E-state index contributed by atoms with van der Waals surface area (Å²) in [6.45, 7) is 4.32. The number of nitrogens with zero attached hydrogens (tertiary/aromatic N) is 5. The average molecular weight is 485 g/mol. The van der Waals surface area contributed by atoms with Crippen molar-refractivity contribution in [3.63, 3.8) is 0 Å². The number of carbonyl (C=O) groups excluding carboxylic acids is 2. The monoisotopic (exact) mass is 484 g/mol. The summed E-state index contributed by atoms with van der Waals surface area (Å²) in [5.41, 5.74) is 2.03. The van der Waals surface area contributed by atoms with Crippen LogP contribution in [0.5, 0.6) is 0 Å². The Morgan fingerprint density at radius 2 is 1.76 bits per heavy atom. The molecule has 2 saturated heterocycles. The molecule has 10 heteroatoms. The molecule has 3 heterocycles. The Kier molecular flexibility index (Phi) is 6.14. The summed E-state index contributed by atoms with van der Waals surface area (Å²) in [6, 6.07) is 13.0. The molecule has 2 aromatic rings. The number of fused-ring (bicyclic) bond motifs is 1. The number of guanidine groups is 1. The zero-order chi connectivity index (χ0) is 23.8. The number of aliphatic imine (C=N–C) groups is 1. The van der Waals surface area contributed by atoms with Crippen LogP contribution in [0.25, 0.3) is 0 Å². The number of hydrogen-bond donors (Lipinski definition) is 1. The van der Waals surface area contributed by atoms with Crippen LogP contribution >= 0.6 is 11.6 Å². The molecule has 0 spiro atoms. The summed E-state index contributed by atoms with van der Waals surface area (Å²) in [6.07, 6.45) is -0.596. The van der Waals surface area contributed by atoms with Crippen LogP contribution in [0.2, 0.25) is 5.02 Å². The first-order valence-corrected chi connectivity index (χ1v) is 11.6. The predicted molar refractivity (Wildman–Crippen MR) is 127 cm³/mol. The minimum Gasteiger partial charge on any atom is -0.340 e. The van der Waals surface area contributed by atoms with Gasteiger partial charge < -0.3 is 14.7 Å². The molecule has 0 aliphatic carbocycles. The second-order valence-corrected chi connectivity index (χ2v) is 9.28. The minimum absolute atomic E-state index is 0.312. The fourth-order valence-electron chi connectivity index (χ4n) is 4.73. The van der Waals surface area contributed by atoms with E-state index in [-0.39, 0.29) is 11.7 Å². The topological polar surface area (TPSA) is 71.5 Å². The number of carbonyl (C=O) groups is 2. The molecule has 2 fully saturated rings. The van der Waals surface area contributed by atoms with Crippen molar-refractivity contribution >= 4 is 29.5 Å². The average Bonchev–Trinajstić information content (AvgIpc) is 3.19. The number of halogens is 2. The van der Waals surface area contributed by atoms with E-state index in [1.54, 1.807) is 19.2 Å². The molecule has 2 atom stereocenters. The molecule has 2 aromatic carbocycles. The van der Waals surface area contributed by atoms with E-state index in [2.05, 4.69) is 21.2 Å². The molecule has 8 nitrogen and oxygen atoms in total. The summed E-state index contributed by atoms with van der Waals surface area (Å²) in [7, 11) is 1.64. The lowest BCUT2D eigenvalue weighted by atomic mass is 10.1. The SMILES string of the molecule is CN1C(=O)NC(=O)C2C1N=C(N1CCN(Cc3cccc(Cl)c3)CC1)N2Cc1ccc(F)cc1. The van der Waals surface area contributed by atoms with E-state index in [0.29, 0.717) is 12.5 Å². The fraction of sp³-hybridized carbons (Fsp3) is 0.375. The number of imide groups is 1. The van der Waals surface area contributed by atoms with Crippen LogP contribution in [0.1, 0.15) is 11.1 Å². The smallest absolute Gasteiger partial charge is 0.325 e. The van der Waals surface area contributed by atoms with Gasteiger partial charge in [0.25, 0.3) is 5.91 Å². The second kappa shape index (κ2) is 9.23. The van der Waals surface area contributed by atoms with Crippen molar-refractivity contribution in [3.05, 3.63) is 70.5 Å². The van der Waals surface area contributed by atoms with Gasteiger partial charge in [-0.3, -0.25) is 15.0 Å². The number of likely N-dealkylation sites (N-methyl/N-ethyl adjacent to an activating group) is 1. The van der Waals surface area contributed by atoms with Crippen LogP contribution in [0, 0.1) is 5.82 Å². The second-order valence-electron chi connectivity index (χ2n) is 8.84. The van der Waals surface area contributed by atoms with Gasteiger partial charge in [0.1, 0.15) is 5.82 Å². The number of piperazine rings is 1. The van der Waals surface area contributed by atoms with Crippen molar-refractivity contribution in [3.8, 4) is 0 Å². The number of nitrogens with one attached hydrogen (secondary N) is 1. The Labute approximate surface area is 202 Å². The maximum atomic E-state index is 13.4. The molecule has 3 amide bonds. The highest BCUT2D eigenvalue weighted by Crippen LogP contribution is 2.28. The van der Waals surface area contributed by atoms with Crippen LogP contribution in [0.3, 0.4) is 0 Å². The molecule has 178 valence electrons. The Hall–Kier alpha value is -3.17. The van der Waals surface area contributed by atoms with Gasteiger partial charge in [-0.1, -0.05) is 35.9 Å². The molecule has 0 aromatic heterocycles. The normalized spacial score (nSPS) is 23.1. The summed E-state index contributed by atoms with van der Waals surface area (Å²) in [5.74, 6) is 0.0143. The quantitative estimate of drug-likeness (QED) is 0.721. The van der Waals surface area contributed by atoms with Crippen molar-refractivity contribution in [2.75, 3.05) is 33.2 Å². The standard InChI is InChI=1S/C24H26ClFN6O2/c1-29-21-20(22(33)28-24(29)34)32(15-16-5-7-19(26)8-6-16)23(27-21)31-11-9-30(10-12-31)14-17-3-2-4-18(25)13-17/h2-8,13,20-21H,9-12,14-15H2,1H3,(H,28,33,34). The molecule has 3 aliphatic rings. The number of amides is 3. The lowest BCUT2D eigenvalue weighted by molar-refractivity contribution is -0.127. The zero-order valence-electron chi connectivity index (χ0n) is 18.8. The van der Waals surface area contributed by atoms with Gasteiger partial charge >= 0.3 is 6.03 Å². The van der Waals surface area contributed by atoms with E-state index in [1.165, 1.54) is 22.6 Å². The van der Waals surface area contributed by atoms with E-state index >= 15 is 0 Å². The fourth-order valence-corrected chi connectivity index (χ4v) is 4.94. The molecule has 1 N–H and O–H groups in total. The highest BCUT2D eigenvalue weighted by molar-refractivity contribution is 6.30. The first-order valence-electron chi connectivity index (χ1n) is 11.3. The van der Waals surface area contributed by atoms with Crippen LogP contribution < -0.4 is 5.32 Å². The van der Waals surface area contributed by atoms with Gasteiger partial charge in [-0.05, 0) is 35.4 Å². The predicted octanol–water partition coefficient (Wildman–Crippen LogP) is 2.34. The Morgan fingerprint density at radius 3 is 2.47 bits per heavy atom. The zero-order valence-corrected chi connectivity index (χ0v) is 19.6. The highest BCUT2D eigenvalue weighted by Gasteiger charge is 2.49. The summed E-state index contributed by atoms with van der Waals surface area (Å²) >= 11 is 6.13. The van der Waals surface area contributed by atoms with E-state index in [9.17, 15) is 14.0 Å². The number of urea groups is 1. The Morgan fingerprint density at radius 1 is 1.03 bits per heavy atom. The molecule has 2 unspecified atom stereocenters. The maximum Gasteiger partial charge on any atom is 0.325 e. The number of hydrogen-bond acceptors (Lipinski definition) is 6. The Bertz CT molecular complexity index is 1120. The lowest BCUT2D eigenvalue weighted by Gasteiger charge is -2.40. The summed E-state index contributed by atoms with van der Waals surface area (Å²) in [5, 5.41) is 3.15. The van der Waals surface area contributed by atoms with E-state index in [4.69, 9.17) is 16.6 Å². The lowest BCUT2D eigenvalue weighted by Crippen LogP contribution is -2.64. The van der Waals surface area contributed by atoms with Crippen LogP contribution in [0.15, 0.2) is 53.5 Å². The summed E-state index contributed by atoms with van der Waals surface area (Å²) in [4.78, 5) is 37.8. The molecule has 0 saturated carbocycles. The molecular weight excluding hydrogens is 459 g/mol. The molecule has 0 radical (unpaired) electrons. The Balaban J connectivity index is 1.34. The number of rotatable bonds is 4. The molecular formula is C24H26ClFN6O2. The van der Waals surface area contributed by atoms with Crippen LogP contribution in [-0.2, 0) is 17.9 Å². The van der Waals surface area contributed by atoms with Crippen molar-refractivity contribution in [1.29, 1.82) is 0 Å². The minimum atomic E-state index is -0.632. The third kappa shape index (κ3) is 4.45. The van der Waals surface area contributed by atoms with Gasteiger partial charge in [0.2, 0.25) is 0 Å². The third-order valence-corrected chi connectivity index (χ3v) is 6.79. The first-order chi connectivity index (χ1) is 16.4. The van der Waals surface area contributed by atoms with Gasteiger partial charge in [-0.2, -0.15) is 0 Å². The van der Waals surface area contributed by atoms with Gasteiger partial charge in [0.15, 0.2) is 18.2 Å². The summed E-state index contributed by atoms with van der Waals surface area (Å²) < 4.78 is 13.4. The molecule has 34 heavy (non-hydrogen) atoms. The van der Waals surface area contributed by atoms with E-state index in [1.807, 2.05) is 23.1 Å². The van der Waals surface area contributed by atoms with Crippen molar-refractivity contribution < 1.29 is 14.0 Å². The molecule has 0 bridgehead atoms. The van der Waals surface area contributed by atoms with Gasteiger partial charge in [-0.25, -0.2) is 14.2 Å². The van der Waals surface area contributed by atoms with E-state index in [0.717, 1.165) is 43.3 Å². The van der Waals surface area contributed by atoms with Crippen molar-refractivity contribution in [2.24, 2.45) is 4.99 Å². The van der Waals surface area contributed by atoms with Gasteiger partial charge in [0.05, 0.1) is 0 Å². The first kappa shape index (κ1) is 22.6. The van der Waals surface area contributed by atoms with Crippen molar-refractivity contribution in [2.45, 2.75) is 25.3 Å². The third-order valence-electron chi connectivity index (χ3n) is 6.56. The van der Waals surface area contributed by atoms with Crippen LogP contribution in [-0.4, -0.2) is 82.9 Å². The molecule has 5 rings (SSSR count). The van der Waals surface area contributed by atoms with Gasteiger partial charge in [-0.15, -0.1) is 0 Å². The van der Waals surface area contributed by atoms with Crippen molar-refractivity contribution in [1.82, 2.24) is 24.9 Å². The number of benzene rings is 2. The highest BCUT2D eigenvalue weighted by atomic mass is 35.5.